The number of aliphatic hydroxyl groups is 3. The lowest BCUT2D eigenvalue weighted by Gasteiger charge is -2.59. The fraction of sp³-hybridized carbons (Fsp3) is 0.966. The molecule has 5 saturated carbocycles. The third-order valence-corrected chi connectivity index (χ3v) is 12.8. The Morgan fingerprint density at radius 3 is 2.18 bits per heavy atom. The van der Waals surface area contributed by atoms with E-state index in [0.717, 1.165) is 51.4 Å². The molecular formula is C29H46O5. The van der Waals surface area contributed by atoms with Gasteiger partial charge in [-0.15, -0.1) is 0 Å². The van der Waals surface area contributed by atoms with Crippen LogP contribution in [0.15, 0.2) is 0 Å². The number of aliphatic hydroxyl groups excluding tert-OH is 2. The molecule has 6 fully saturated rings. The first-order chi connectivity index (χ1) is 15.6. The van der Waals surface area contributed by atoms with Gasteiger partial charge in [0.1, 0.15) is 5.78 Å². The van der Waals surface area contributed by atoms with Gasteiger partial charge < -0.3 is 20.1 Å². The molecule has 0 radical (unpaired) electrons. The molecule has 0 aromatic rings. The monoisotopic (exact) mass is 474 g/mol. The zero-order chi connectivity index (χ0) is 24.7. The lowest BCUT2D eigenvalue weighted by Crippen LogP contribution is -2.59. The first kappa shape index (κ1) is 23.9. The Labute approximate surface area is 205 Å². The smallest absolute Gasteiger partial charge is 0.138 e. The Morgan fingerprint density at radius 1 is 0.882 bits per heavy atom. The van der Waals surface area contributed by atoms with Crippen molar-refractivity contribution in [3.8, 4) is 0 Å². The third kappa shape index (κ3) is 2.69. The van der Waals surface area contributed by atoms with E-state index in [-0.39, 0.29) is 34.2 Å². The lowest BCUT2D eigenvalue weighted by molar-refractivity contribution is -0.185. The van der Waals surface area contributed by atoms with Crippen LogP contribution in [0.2, 0.25) is 0 Å². The fourth-order valence-corrected chi connectivity index (χ4v) is 11.5. The molecule has 3 unspecified atom stereocenters. The van der Waals surface area contributed by atoms with Crippen LogP contribution in [0.25, 0.3) is 0 Å². The normalized spacial score (nSPS) is 58.0. The van der Waals surface area contributed by atoms with Gasteiger partial charge in [0, 0.05) is 23.7 Å². The number of Topliss-reactive ketones (excluding diaryl/α,β-unsaturated/α-hetero) is 1. The van der Waals surface area contributed by atoms with E-state index in [1.165, 1.54) is 0 Å². The maximum atomic E-state index is 12.9. The van der Waals surface area contributed by atoms with Crippen molar-refractivity contribution < 1.29 is 24.9 Å². The van der Waals surface area contributed by atoms with Gasteiger partial charge in [0.15, 0.2) is 0 Å². The SMILES string of the molecule is CC(C)(O)[C@@H]1CC[C@](C)([C@H]2[C@@H](O)CC3C4C[C@H](O)[C@H]5C(C)(C)C(=O)CC[C@@]56CC46CC[C@@]32C)O1. The van der Waals surface area contributed by atoms with Crippen LogP contribution in [0, 0.1) is 45.3 Å². The number of ether oxygens (including phenoxy) is 1. The summed E-state index contributed by atoms with van der Waals surface area (Å²) in [6.45, 7) is 12.4. The molecule has 5 nitrogen and oxygen atoms in total. The summed E-state index contributed by atoms with van der Waals surface area (Å²) in [5.74, 6) is 1.23. The van der Waals surface area contributed by atoms with Crippen molar-refractivity contribution in [2.24, 2.45) is 45.3 Å². The van der Waals surface area contributed by atoms with Crippen LogP contribution in [0.1, 0.15) is 99.3 Å². The highest BCUT2D eigenvalue weighted by Crippen LogP contribution is 2.86. The predicted octanol–water partition coefficient (Wildman–Crippen LogP) is 4.25. The second-order valence-corrected chi connectivity index (χ2v) is 15.0. The van der Waals surface area contributed by atoms with E-state index in [0.29, 0.717) is 24.0 Å². The van der Waals surface area contributed by atoms with Gasteiger partial charge in [0.25, 0.3) is 0 Å². The number of carbonyl (C=O) groups is 1. The summed E-state index contributed by atoms with van der Waals surface area (Å²) in [5, 5.41) is 33.7. The van der Waals surface area contributed by atoms with E-state index >= 15 is 0 Å². The number of carbonyl (C=O) groups excluding carboxylic acids is 1. The Kier molecular flexibility index (Phi) is 4.69. The van der Waals surface area contributed by atoms with E-state index < -0.39 is 28.8 Å². The molecule has 0 aromatic heterocycles. The maximum absolute atomic E-state index is 12.9. The van der Waals surface area contributed by atoms with Crippen molar-refractivity contribution >= 4 is 5.78 Å². The summed E-state index contributed by atoms with van der Waals surface area (Å²) >= 11 is 0. The first-order valence-corrected chi connectivity index (χ1v) is 13.9. The molecule has 1 saturated heterocycles. The summed E-state index contributed by atoms with van der Waals surface area (Å²) in [6.07, 6.45) is 7.19. The molecule has 0 amide bonds. The largest absolute Gasteiger partial charge is 0.393 e. The minimum absolute atomic E-state index is 0.0328. The number of hydrogen-bond acceptors (Lipinski definition) is 5. The van der Waals surface area contributed by atoms with Crippen molar-refractivity contribution in [2.45, 2.75) is 129 Å². The molecule has 6 rings (SSSR count). The van der Waals surface area contributed by atoms with Gasteiger partial charge in [-0.25, -0.2) is 0 Å². The average Bonchev–Trinajstić information content (AvgIpc) is 3.01. The topological polar surface area (TPSA) is 87.0 Å². The number of fused-ring (bicyclic) bond motifs is 2. The summed E-state index contributed by atoms with van der Waals surface area (Å²) < 4.78 is 6.60. The van der Waals surface area contributed by atoms with Crippen LogP contribution >= 0.6 is 0 Å². The predicted molar refractivity (Wildman–Crippen MR) is 129 cm³/mol. The standard InChI is InChI=1S/C29H46O5/c1-24(2)20(32)7-10-29-15-28(29)12-11-26(5)16(17(28)14-18(30)22(24)29)13-19(31)23(26)27(6)9-8-21(34-27)25(3,4)33/h16-19,21-23,30-31,33H,7-15H2,1-6H3/t16?,17?,18-,19-,21-,22-,23-,26-,27+,28?,29+/m0/s1. The van der Waals surface area contributed by atoms with Gasteiger partial charge in [0.05, 0.1) is 29.5 Å². The molecule has 3 N–H and O–H groups in total. The highest BCUT2D eigenvalue weighted by atomic mass is 16.5. The second-order valence-electron chi connectivity index (χ2n) is 15.0. The van der Waals surface area contributed by atoms with Gasteiger partial charge in [-0.3, -0.25) is 4.79 Å². The minimum atomic E-state index is -0.883. The molecular weight excluding hydrogens is 428 g/mol. The molecule has 0 aromatic carbocycles. The Morgan fingerprint density at radius 2 is 1.53 bits per heavy atom. The van der Waals surface area contributed by atoms with Gasteiger partial charge in [0.2, 0.25) is 0 Å². The number of hydrogen-bond donors (Lipinski definition) is 3. The van der Waals surface area contributed by atoms with E-state index in [2.05, 4.69) is 27.7 Å². The Balaban J connectivity index is 1.33. The Bertz CT molecular complexity index is 907. The molecule has 1 aliphatic heterocycles. The quantitative estimate of drug-likeness (QED) is 0.557. The molecule has 1 heterocycles. The van der Waals surface area contributed by atoms with E-state index in [4.69, 9.17) is 4.74 Å². The zero-order valence-electron chi connectivity index (χ0n) is 22.1. The Hall–Kier alpha value is -0.490. The fourth-order valence-electron chi connectivity index (χ4n) is 11.5. The third-order valence-electron chi connectivity index (χ3n) is 12.8. The summed E-state index contributed by atoms with van der Waals surface area (Å²) in [6, 6.07) is 0. The molecule has 6 aliphatic rings. The van der Waals surface area contributed by atoms with Gasteiger partial charge >= 0.3 is 0 Å². The molecule has 192 valence electrons. The van der Waals surface area contributed by atoms with Gasteiger partial charge in [-0.1, -0.05) is 20.8 Å². The minimum Gasteiger partial charge on any atom is -0.393 e. The van der Waals surface area contributed by atoms with E-state index in [9.17, 15) is 20.1 Å². The molecule has 11 atom stereocenters. The molecule has 34 heavy (non-hydrogen) atoms. The lowest BCUT2D eigenvalue weighted by atomic mass is 9.45. The van der Waals surface area contributed by atoms with Crippen LogP contribution in [0.4, 0.5) is 0 Å². The van der Waals surface area contributed by atoms with Crippen molar-refractivity contribution in [1.29, 1.82) is 0 Å². The van der Waals surface area contributed by atoms with E-state index in [1.807, 2.05) is 13.8 Å². The van der Waals surface area contributed by atoms with Crippen LogP contribution in [0.3, 0.4) is 0 Å². The van der Waals surface area contributed by atoms with Crippen molar-refractivity contribution in [2.75, 3.05) is 0 Å². The summed E-state index contributed by atoms with van der Waals surface area (Å²) in [5.41, 5.74) is -1.45. The van der Waals surface area contributed by atoms with Crippen LogP contribution in [0.5, 0.6) is 0 Å². The highest BCUT2D eigenvalue weighted by molar-refractivity contribution is 5.86. The molecule has 2 spiro atoms. The average molecular weight is 475 g/mol. The van der Waals surface area contributed by atoms with Crippen molar-refractivity contribution in [3.63, 3.8) is 0 Å². The van der Waals surface area contributed by atoms with Crippen LogP contribution < -0.4 is 0 Å². The summed E-state index contributed by atoms with van der Waals surface area (Å²) in [7, 11) is 0. The van der Waals surface area contributed by atoms with Crippen LogP contribution in [-0.2, 0) is 9.53 Å². The number of rotatable bonds is 2. The summed E-state index contributed by atoms with van der Waals surface area (Å²) in [4.78, 5) is 12.9. The zero-order valence-corrected chi connectivity index (χ0v) is 22.1. The highest BCUT2D eigenvalue weighted by Gasteiger charge is 2.82. The van der Waals surface area contributed by atoms with Gasteiger partial charge in [-0.2, -0.15) is 0 Å². The first-order valence-electron chi connectivity index (χ1n) is 13.9. The van der Waals surface area contributed by atoms with Gasteiger partial charge in [-0.05, 0) is 100 Å². The molecule has 5 heteroatoms. The number of ketones is 1. The maximum Gasteiger partial charge on any atom is 0.138 e. The van der Waals surface area contributed by atoms with Crippen molar-refractivity contribution in [1.82, 2.24) is 0 Å². The second kappa shape index (κ2) is 6.68. The molecule has 5 aliphatic carbocycles. The van der Waals surface area contributed by atoms with E-state index in [1.54, 1.807) is 0 Å². The van der Waals surface area contributed by atoms with Crippen LogP contribution in [-0.4, -0.2) is 50.6 Å². The molecule has 0 bridgehead atoms. The van der Waals surface area contributed by atoms with Crippen molar-refractivity contribution in [3.05, 3.63) is 0 Å².